The molecule has 0 unspecified atom stereocenters. The second kappa shape index (κ2) is 6.30. The zero-order valence-electron chi connectivity index (χ0n) is 11.7. The lowest BCUT2D eigenvalue weighted by Gasteiger charge is -2.13. The number of rotatable bonds is 3. The van der Waals surface area contributed by atoms with E-state index in [0.29, 0.717) is 5.01 Å². The van der Waals surface area contributed by atoms with Gasteiger partial charge in [-0.25, -0.2) is 9.37 Å². The number of nitrogens with one attached hydrogen (secondary N) is 2. The Morgan fingerprint density at radius 3 is 2.83 bits per heavy atom. The first-order chi connectivity index (χ1) is 11.3. The number of carbonyl (C=O) groups excluding carboxylic acids is 1. The maximum atomic E-state index is 13.1. The van der Waals surface area contributed by atoms with Gasteiger partial charge in [-0.2, -0.15) is 8.42 Å². The average Bonchev–Trinajstić information content (AvgIpc) is 3.04. The van der Waals surface area contributed by atoms with Crippen LogP contribution in [0.4, 0.5) is 10.1 Å². The van der Waals surface area contributed by atoms with Crippen LogP contribution in [0.3, 0.4) is 0 Å². The van der Waals surface area contributed by atoms with Crippen LogP contribution in [-0.2, 0) is 15.0 Å². The van der Waals surface area contributed by atoms with E-state index in [0.717, 1.165) is 6.07 Å². The Bertz CT molecular complexity index is 971. The summed E-state index contributed by atoms with van der Waals surface area (Å²) in [6.07, 6.45) is 2.77. The normalized spacial score (nSPS) is 15.9. The van der Waals surface area contributed by atoms with Crippen molar-refractivity contribution < 1.29 is 17.6 Å². The monoisotopic (exact) mass is 386 g/mol. The number of benzene rings is 1. The van der Waals surface area contributed by atoms with Crippen molar-refractivity contribution in [3.63, 3.8) is 0 Å². The van der Waals surface area contributed by atoms with Crippen LogP contribution in [0.25, 0.3) is 5.70 Å². The summed E-state index contributed by atoms with van der Waals surface area (Å²) in [5, 5.41) is 4.29. The van der Waals surface area contributed by atoms with Crippen LogP contribution in [0.5, 0.6) is 0 Å². The molecule has 3 rings (SSSR count). The van der Waals surface area contributed by atoms with Crippen LogP contribution >= 0.6 is 22.9 Å². The number of halogens is 2. The minimum Gasteiger partial charge on any atom is -0.321 e. The van der Waals surface area contributed by atoms with E-state index < -0.39 is 21.9 Å². The summed E-state index contributed by atoms with van der Waals surface area (Å²) in [6, 6.07) is 3.58. The highest BCUT2D eigenvalue weighted by atomic mass is 35.5. The van der Waals surface area contributed by atoms with E-state index >= 15 is 0 Å². The zero-order chi connectivity index (χ0) is 17.3. The van der Waals surface area contributed by atoms with Crippen LogP contribution in [-0.4, -0.2) is 25.0 Å². The second-order valence-corrected chi connectivity index (χ2v) is 7.17. The molecule has 0 radical (unpaired) electrons. The largest absolute Gasteiger partial charge is 0.343 e. The quantitative estimate of drug-likeness (QED) is 0.844. The highest BCUT2D eigenvalue weighted by Gasteiger charge is 2.24. The lowest BCUT2D eigenvalue weighted by Crippen LogP contribution is -2.31. The maximum Gasteiger partial charge on any atom is 0.343 e. The molecule has 0 spiro atoms. The molecule has 0 saturated heterocycles. The molecule has 0 saturated carbocycles. The predicted molar refractivity (Wildman–Crippen MR) is 89.6 cm³/mol. The topological polar surface area (TPSA) is 101 Å². The number of nitrogens with zero attached hydrogens (tertiary/aromatic N) is 2. The summed E-state index contributed by atoms with van der Waals surface area (Å²) >= 11 is 6.84. The van der Waals surface area contributed by atoms with Gasteiger partial charge in [0, 0.05) is 17.3 Å². The summed E-state index contributed by atoms with van der Waals surface area (Å²) in [5.41, 5.74) is 0.0101. The molecule has 1 aromatic heterocycles. The van der Waals surface area contributed by atoms with Gasteiger partial charge in [-0.1, -0.05) is 11.6 Å². The Morgan fingerprint density at radius 1 is 1.38 bits per heavy atom. The smallest absolute Gasteiger partial charge is 0.321 e. The summed E-state index contributed by atoms with van der Waals surface area (Å²) in [5.74, 6) is -1.42. The molecule has 2 aromatic rings. The van der Waals surface area contributed by atoms with Crippen molar-refractivity contribution in [2.24, 2.45) is 4.40 Å². The van der Waals surface area contributed by atoms with Crippen molar-refractivity contribution in [1.82, 2.24) is 9.71 Å². The molecule has 7 nitrogen and oxygen atoms in total. The summed E-state index contributed by atoms with van der Waals surface area (Å²) in [4.78, 5) is 16.2. The van der Waals surface area contributed by atoms with Crippen molar-refractivity contribution in [2.75, 3.05) is 5.32 Å². The fraction of sp³-hybridized carbons (Fsp3) is 0. The minimum atomic E-state index is -4.07. The molecular weight excluding hydrogens is 379 g/mol. The molecule has 0 bridgehead atoms. The van der Waals surface area contributed by atoms with E-state index in [-0.39, 0.29) is 22.1 Å². The first kappa shape index (κ1) is 16.6. The van der Waals surface area contributed by atoms with E-state index in [1.165, 1.54) is 35.7 Å². The molecular formula is C13H8ClFN4O3S2. The molecule has 24 heavy (non-hydrogen) atoms. The average molecular weight is 387 g/mol. The number of aromatic nitrogens is 1. The second-order valence-electron chi connectivity index (χ2n) is 4.53. The third-order valence-corrected chi connectivity index (χ3v) is 4.82. The van der Waals surface area contributed by atoms with E-state index in [2.05, 4.69) is 19.4 Å². The summed E-state index contributed by atoms with van der Waals surface area (Å²) < 4.78 is 42.3. The van der Waals surface area contributed by atoms with Gasteiger partial charge >= 0.3 is 10.2 Å². The molecule has 1 aliphatic heterocycles. The molecule has 0 aliphatic carbocycles. The number of hydrogen-bond donors (Lipinski definition) is 2. The Kier molecular flexibility index (Phi) is 4.35. The fourth-order valence-corrected chi connectivity index (χ4v) is 3.55. The van der Waals surface area contributed by atoms with Gasteiger partial charge in [-0.05, 0) is 24.3 Å². The Hall–Kier alpha value is -2.30. The summed E-state index contributed by atoms with van der Waals surface area (Å²) in [6.45, 7) is 0. The van der Waals surface area contributed by atoms with Crippen molar-refractivity contribution >= 4 is 56.2 Å². The molecule has 0 fully saturated rings. The first-order valence-corrected chi connectivity index (χ1v) is 9.04. The van der Waals surface area contributed by atoms with E-state index in [4.69, 9.17) is 11.6 Å². The summed E-state index contributed by atoms with van der Waals surface area (Å²) in [7, 11) is -4.07. The predicted octanol–water partition coefficient (Wildman–Crippen LogP) is 2.20. The first-order valence-electron chi connectivity index (χ1n) is 6.35. The van der Waals surface area contributed by atoms with Gasteiger partial charge in [-0.3, -0.25) is 9.52 Å². The van der Waals surface area contributed by atoms with Crippen LogP contribution in [0.15, 0.2) is 40.2 Å². The van der Waals surface area contributed by atoms with Crippen molar-refractivity contribution in [2.45, 2.75) is 0 Å². The van der Waals surface area contributed by atoms with Gasteiger partial charge < -0.3 is 5.32 Å². The van der Waals surface area contributed by atoms with Crippen LogP contribution in [0.1, 0.15) is 5.01 Å². The van der Waals surface area contributed by atoms with Crippen molar-refractivity contribution in [3.8, 4) is 0 Å². The number of thiazole rings is 1. The lowest BCUT2D eigenvalue weighted by atomic mass is 10.2. The molecule has 2 heterocycles. The molecule has 124 valence electrons. The SMILES string of the molecule is O=C(Nc1ccc(F)c(Cl)c1)C1=NS(=O)(=O)NC(c2nccs2)=C1. The zero-order valence-corrected chi connectivity index (χ0v) is 14.0. The van der Waals surface area contributed by atoms with Gasteiger partial charge in [0.1, 0.15) is 16.5 Å². The number of hydrogen-bond acceptors (Lipinski definition) is 5. The van der Waals surface area contributed by atoms with Crippen LogP contribution in [0.2, 0.25) is 5.02 Å². The van der Waals surface area contributed by atoms with Crippen molar-refractivity contribution in [1.29, 1.82) is 0 Å². The van der Waals surface area contributed by atoms with Crippen LogP contribution in [0, 0.1) is 5.82 Å². The Morgan fingerprint density at radius 2 is 2.17 bits per heavy atom. The van der Waals surface area contributed by atoms with Crippen LogP contribution < -0.4 is 10.0 Å². The highest BCUT2D eigenvalue weighted by molar-refractivity contribution is 7.88. The van der Waals surface area contributed by atoms with E-state index in [1.54, 1.807) is 5.38 Å². The third kappa shape index (κ3) is 3.61. The molecule has 0 atom stereocenters. The lowest BCUT2D eigenvalue weighted by molar-refractivity contribution is -0.110. The van der Waals surface area contributed by atoms with E-state index in [9.17, 15) is 17.6 Å². The van der Waals surface area contributed by atoms with Gasteiger partial charge in [0.25, 0.3) is 5.91 Å². The minimum absolute atomic E-state index is 0.141. The molecule has 1 aliphatic rings. The fourth-order valence-electron chi connectivity index (χ4n) is 1.82. The molecule has 2 N–H and O–H groups in total. The van der Waals surface area contributed by atoms with Gasteiger partial charge in [-0.15, -0.1) is 15.7 Å². The third-order valence-electron chi connectivity index (χ3n) is 2.81. The molecule has 1 aromatic carbocycles. The Labute approximate surface area is 145 Å². The molecule has 1 amide bonds. The van der Waals surface area contributed by atoms with Crippen molar-refractivity contribution in [3.05, 3.63) is 51.7 Å². The maximum absolute atomic E-state index is 13.1. The molecule has 11 heteroatoms. The van der Waals surface area contributed by atoms with Gasteiger partial charge in [0.2, 0.25) is 0 Å². The number of carbonyl (C=O) groups is 1. The number of amides is 1. The highest BCUT2D eigenvalue weighted by Crippen LogP contribution is 2.21. The number of anilines is 1. The Balaban J connectivity index is 1.90. The standard InChI is InChI=1S/C13H8ClFN4O3S2/c14-8-5-7(1-2-9(8)15)17-12(20)10-6-11(13-16-3-4-23-13)19-24(21,22)18-10/h1-6,19H,(H,17,20). The van der Waals surface area contributed by atoms with Gasteiger partial charge in [0.05, 0.1) is 10.7 Å². The van der Waals surface area contributed by atoms with Gasteiger partial charge in [0.15, 0.2) is 0 Å². The van der Waals surface area contributed by atoms with E-state index in [1.807, 2.05) is 0 Å².